The molecule has 1 fully saturated rings. The average molecular weight is 532 g/mol. The quantitative estimate of drug-likeness (QED) is 0.203. The fraction of sp³-hybridized carbons (Fsp3) is 0.423. The second-order valence-electron chi connectivity index (χ2n) is 9.08. The number of likely N-dealkylation sites (N-methyl/N-ethyl adjacent to an activating group) is 1. The number of amides is 2. The van der Waals surface area contributed by atoms with Crippen LogP contribution in [0.4, 0.5) is 4.39 Å². The number of phenols is 3. The average Bonchev–Trinajstić information content (AvgIpc) is 3.27. The van der Waals surface area contributed by atoms with Crippen LogP contribution >= 0.6 is 0 Å². The highest BCUT2D eigenvalue weighted by atomic mass is 19.1. The molecular formula is C26H30FN3O8. The minimum absolute atomic E-state index is 0.0266. The van der Waals surface area contributed by atoms with Crippen LogP contribution in [0, 0.1) is 5.82 Å². The first-order chi connectivity index (χ1) is 18.3. The Balaban J connectivity index is 1.58. The summed E-state index contributed by atoms with van der Waals surface area (Å²) < 4.78 is 26.0. The van der Waals surface area contributed by atoms with Gasteiger partial charge in [0.15, 0.2) is 17.3 Å². The highest BCUT2D eigenvalue weighted by Gasteiger charge is 2.37. The van der Waals surface area contributed by atoms with Crippen molar-refractivity contribution in [3.63, 3.8) is 0 Å². The van der Waals surface area contributed by atoms with Crippen LogP contribution in [-0.2, 0) is 34.0 Å². The number of ether oxygens (including phenoxy) is 2. The molecule has 0 bridgehead atoms. The molecule has 4 rings (SSSR count). The number of aldehydes is 1. The van der Waals surface area contributed by atoms with Crippen LogP contribution in [0.5, 0.6) is 23.0 Å². The van der Waals surface area contributed by atoms with Crippen LogP contribution < -0.4 is 10.1 Å². The maximum atomic E-state index is 14.9. The molecule has 2 amide bonds. The minimum atomic E-state index is -1.22. The number of carbonyl (C=O) groups excluding carboxylic acids is 3. The Hall–Kier alpha value is -3.90. The Kier molecular flexibility index (Phi) is 8.32. The highest BCUT2D eigenvalue weighted by molar-refractivity contribution is 6.01. The second-order valence-corrected chi connectivity index (χ2v) is 9.08. The molecule has 1 saturated heterocycles. The smallest absolute Gasteiger partial charge is 0.255 e. The van der Waals surface area contributed by atoms with E-state index in [2.05, 4.69) is 5.32 Å². The normalized spacial score (nSPS) is 16.3. The molecule has 0 radical (unpaired) electrons. The van der Waals surface area contributed by atoms with Crippen molar-refractivity contribution in [1.82, 2.24) is 15.1 Å². The van der Waals surface area contributed by atoms with E-state index in [1.54, 1.807) is 18.2 Å². The topological polar surface area (TPSA) is 149 Å². The first-order valence-electron chi connectivity index (χ1n) is 12.2. The van der Waals surface area contributed by atoms with Crippen LogP contribution in [0.2, 0.25) is 0 Å². The fourth-order valence-corrected chi connectivity index (χ4v) is 4.74. The van der Waals surface area contributed by atoms with Gasteiger partial charge < -0.3 is 39.8 Å². The number of fused-ring (bicyclic) bond motifs is 1. The third-order valence-electron chi connectivity index (χ3n) is 6.85. The first-order valence-corrected chi connectivity index (χ1v) is 12.2. The summed E-state index contributed by atoms with van der Waals surface area (Å²) in [4.78, 5) is 39.7. The van der Waals surface area contributed by atoms with Crippen LogP contribution in [0.1, 0.15) is 39.9 Å². The number of nitrogens with zero attached hydrogens (tertiary/aromatic N) is 2. The van der Waals surface area contributed by atoms with Gasteiger partial charge in [0.2, 0.25) is 5.91 Å². The molecule has 12 heteroatoms. The molecule has 2 aromatic rings. The molecule has 1 atom stereocenters. The van der Waals surface area contributed by atoms with E-state index in [4.69, 9.17) is 9.47 Å². The number of hydrogen-bond acceptors (Lipinski definition) is 9. The molecule has 11 nitrogen and oxygen atoms in total. The molecule has 2 aromatic carbocycles. The van der Waals surface area contributed by atoms with Gasteiger partial charge in [-0.15, -0.1) is 0 Å². The standard InChI is InChI=1S/C26H30FN3O8/c1-28-25(35)19(5-3-9-31)30-13-16-15(26(30)36)4-2-6-20(16)38-14-18-21(27)24(34)23(33)17(22(18)32)12-29-7-10-37-11-8-29/h2,4,6,9,19,32-34H,3,5,7-8,10-14H2,1H3,(H,28,35). The zero-order chi connectivity index (χ0) is 27.4. The lowest BCUT2D eigenvalue weighted by atomic mass is 10.0. The van der Waals surface area contributed by atoms with Crippen molar-refractivity contribution in [3.8, 4) is 23.0 Å². The number of rotatable bonds is 10. The number of aromatic hydroxyl groups is 3. The molecule has 38 heavy (non-hydrogen) atoms. The maximum Gasteiger partial charge on any atom is 0.255 e. The number of carbonyl (C=O) groups is 3. The Bertz CT molecular complexity index is 1230. The Morgan fingerprint density at radius 1 is 1.18 bits per heavy atom. The van der Waals surface area contributed by atoms with Crippen LogP contribution in [0.3, 0.4) is 0 Å². The largest absolute Gasteiger partial charge is 0.507 e. The predicted octanol–water partition coefficient (Wildman–Crippen LogP) is 1.40. The van der Waals surface area contributed by atoms with Gasteiger partial charge in [-0.3, -0.25) is 14.5 Å². The summed E-state index contributed by atoms with van der Waals surface area (Å²) in [6.45, 7) is 1.59. The lowest BCUT2D eigenvalue weighted by Gasteiger charge is -2.27. The molecular weight excluding hydrogens is 501 g/mol. The van der Waals surface area contributed by atoms with Crippen LogP contribution in [0.15, 0.2) is 18.2 Å². The molecule has 0 aromatic heterocycles. The Labute approximate surface area is 218 Å². The van der Waals surface area contributed by atoms with E-state index in [0.717, 1.165) is 0 Å². The summed E-state index contributed by atoms with van der Waals surface area (Å²) in [5.74, 6) is -4.08. The number of benzene rings is 2. The summed E-state index contributed by atoms with van der Waals surface area (Å²) in [6.07, 6.45) is 0.924. The molecule has 4 N–H and O–H groups in total. The van der Waals surface area contributed by atoms with Gasteiger partial charge in [-0.1, -0.05) is 6.07 Å². The summed E-state index contributed by atoms with van der Waals surface area (Å²) in [5.41, 5.74) is 0.381. The van der Waals surface area contributed by atoms with E-state index >= 15 is 0 Å². The van der Waals surface area contributed by atoms with Gasteiger partial charge in [0.1, 0.15) is 30.4 Å². The Morgan fingerprint density at radius 2 is 1.92 bits per heavy atom. The van der Waals surface area contributed by atoms with Crippen molar-refractivity contribution in [2.45, 2.75) is 38.6 Å². The summed E-state index contributed by atoms with van der Waals surface area (Å²) >= 11 is 0. The summed E-state index contributed by atoms with van der Waals surface area (Å²) in [6, 6.07) is 3.86. The first kappa shape index (κ1) is 27.1. The SMILES string of the molecule is CNC(=O)C(CCC=O)N1Cc2c(OCc3c(O)c(CN4CCOCC4)c(O)c(O)c3F)cccc2C1=O. The maximum absolute atomic E-state index is 14.9. The molecule has 0 spiro atoms. The number of phenolic OH excluding ortho intramolecular Hbond substituents is 3. The molecule has 2 aliphatic rings. The van der Waals surface area contributed by atoms with Gasteiger partial charge in [0, 0.05) is 44.2 Å². The van der Waals surface area contributed by atoms with Crippen molar-refractivity contribution in [2.75, 3.05) is 33.4 Å². The molecule has 204 valence electrons. The van der Waals surface area contributed by atoms with Gasteiger partial charge in [0.05, 0.1) is 30.9 Å². The molecule has 0 aliphatic carbocycles. The van der Waals surface area contributed by atoms with E-state index in [1.807, 2.05) is 4.90 Å². The van der Waals surface area contributed by atoms with Crippen molar-refractivity contribution in [3.05, 3.63) is 46.3 Å². The van der Waals surface area contributed by atoms with E-state index in [-0.39, 0.29) is 42.8 Å². The zero-order valence-electron chi connectivity index (χ0n) is 20.9. The zero-order valence-corrected chi connectivity index (χ0v) is 20.9. The van der Waals surface area contributed by atoms with Crippen molar-refractivity contribution < 1.29 is 43.6 Å². The van der Waals surface area contributed by atoms with E-state index in [9.17, 15) is 34.1 Å². The van der Waals surface area contributed by atoms with Crippen molar-refractivity contribution in [1.29, 1.82) is 0 Å². The van der Waals surface area contributed by atoms with Gasteiger partial charge in [-0.2, -0.15) is 0 Å². The number of hydrogen-bond donors (Lipinski definition) is 4. The molecule has 2 heterocycles. The number of halogens is 1. The lowest BCUT2D eigenvalue weighted by Crippen LogP contribution is -2.46. The third kappa shape index (κ3) is 5.22. The molecule has 1 unspecified atom stereocenters. The lowest BCUT2D eigenvalue weighted by molar-refractivity contribution is -0.125. The van der Waals surface area contributed by atoms with Crippen molar-refractivity contribution >= 4 is 18.1 Å². The number of nitrogens with one attached hydrogen (secondary N) is 1. The minimum Gasteiger partial charge on any atom is -0.507 e. The molecule has 2 aliphatic heterocycles. The second kappa shape index (κ2) is 11.7. The van der Waals surface area contributed by atoms with Crippen LogP contribution in [-0.4, -0.2) is 82.6 Å². The monoisotopic (exact) mass is 531 g/mol. The Morgan fingerprint density at radius 3 is 2.61 bits per heavy atom. The van der Waals surface area contributed by atoms with E-state index in [0.29, 0.717) is 43.7 Å². The summed E-state index contributed by atoms with van der Waals surface area (Å²) in [7, 11) is 1.44. The van der Waals surface area contributed by atoms with Crippen molar-refractivity contribution in [2.24, 2.45) is 0 Å². The summed E-state index contributed by atoms with van der Waals surface area (Å²) in [5, 5.41) is 33.9. The van der Waals surface area contributed by atoms with Gasteiger partial charge in [-0.25, -0.2) is 4.39 Å². The van der Waals surface area contributed by atoms with Gasteiger partial charge >= 0.3 is 0 Å². The van der Waals surface area contributed by atoms with Gasteiger partial charge in [-0.05, 0) is 18.6 Å². The van der Waals surface area contributed by atoms with E-state index < -0.39 is 47.5 Å². The highest BCUT2D eigenvalue weighted by Crippen LogP contribution is 2.43. The number of morpholine rings is 1. The van der Waals surface area contributed by atoms with E-state index in [1.165, 1.54) is 11.9 Å². The fourth-order valence-electron chi connectivity index (χ4n) is 4.74. The van der Waals surface area contributed by atoms with Gasteiger partial charge in [0.25, 0.3) is 5.91 Å². The molecule has 0 saturated carbocycles. The predicted molar refractivity (Wildman–Crippen MR) is 131 cm³/mol. The third-order valence-corrected chi connectivity index (χ3v) is 6.85. The van der Waals surface area contributed by atoms with Crippen LogP contribution in [0.25, 0.3) is 0 Å².